The van der Waals surface area contributed by atoms with Crippen LogP contribution < -0.4 is 11.1 Å². The van der Waals surface area contributed by atoms with E-state index in [1.807, 2.05) is 12.1 Å². The monoisotopic (exact) mass is 272 g/mol. The topological polar surface area (TPSA) is 55.1 Å². The highest BCUT2D eigenvalue weighted by Gasteiger charge is 2.07. The fourth-order valence-corrected chi connectivity index (χ4v) is 1.92. The summed E-state index contributed by atoms with van der Waals surface area (Å²) >= 11 is 0. The van der Waals surface area contributed by atoms with E-state index in [-0.39, 0.29) is 11.7 Å². The molecule has 4 heteroatoms. The molecule has 2 aromatic carbocycles. The Bertz CT molecular complexity index is 608. The Kier molecular flexibility index (Phi) is 4.48. The van der Waals surface area contributed by atoms with E-state index in [1.165, 1.54) is 6.07 Å². The van der Waals surface area contributed by atoms with E-state index in [0.29, 0.717) is 23.4 Å². The van der Waals surface area contributed by atoms with Crippen molar-refractivity contribution in [1.82, 2.24) is 0 Å². The molecule has 0 aliphatic heterocycles. The molecular formula is C16H17FN2O. The summed E-state index contributed by atoms with van der Waals surface area (Å²) in [5.41, 5.74) is 8.22. The van der Waals surface area contributed by atoms with Gasteiger partial charge >= 0.3 is 0 Å². The van der Waals surface area contributed by atoms with Crippen LogP contribution in [0.5, 0.6) is 0 Å². The maximum atomic E-state index is 13.2. The van der Waals surface area contributed by atoms with Crippen LogP contribution in [-0.2, 0) is 6.42 Å². The Morgan fingerprint density at radius 3 is 2.50 bits per heavy atom. The highest BCUT2D eigenvalue weighted by molar-refractivity contribution is 6.04. The van der Waals surface area contributed by atoms with Crippen molar-refractivity contribution in [2.75, 3.05) is 11.9 Å². The van der Waals surface area contributed by atoms with Crippen molar-refractivity contribution in [2.24, 2.45) is 5.73 Å². The molecule has 3 N–H and O–H groups in total. The lowest BCUT2D eigenvalue weighted by Gasteiger charge is -2.07. The Balaban J connectivity index is 2.09. The molecule has 0 spiro atoms. The highest BCUT2D eigenvalue weighted by Crippen LogP contribution is 2.15. The van der Waals surface area contributed by atoms with E-state index in [0.717, 1.165) is 12.0 Å². The second-order valence-corrected chi connectivity index (χ2v) is 4.65. The molecule has 0 saturated carbocycles. The summed E-state index contributed by atoms with van der Waals surface area (Å²) in [6, 6.07) is 11.8. The van der Waals surface area contributed by atoms with Crippen molar-refractivity contribution in [3.8, 4) is 0 Å². The minimum atomic E-state index is -0.283. The van der Waals surface area contributed by atoms with Crippen LogP contribution in [0.15, 0.2) is 42.5 Å². The largest absolute Gasteiger partial charge is 0.330 e. The zero-order valence-electron chi connectivity index (χ0n) is 11.3. The Morgan fingerprint density at radius 1 is 1.20 bits per heavy atom. The third kappa shape index (κ3) is 3.42. The molecule has 0 unspecified atom stereocenters. The van der Waals surface area contributed by atoms with Gasteiger partial charge < -0.3 is 11.1 Å². The Labute approximate surface area is 117 Å². The van der Waals surface area contributed by atoms with Crippen LogP contribution in [0.1, 0.15) is 21.5 Å². The van der Waals surface area contributed by atoms with Gasteiger partial charge in [-0.15, -0.1) is 0 Å². The predicted molar refractivity (Wildman–Crippen MR) is 78.3 cm³/mol. The molecule has 0 bridgehead atoms. The average Bonchev–Trinajstić information content (AvgIpc) is 2.44. The number of rotatable bonds is 4. The van der Waals surface area contributed by atoms with E-state index < -0.39 is 0 Å². The first kappa shape index (κ1) is 14.2. The van der Waals surface area contributed by atoms with E-state index in [2.05, 4.69) is 5.32 Å². The Morgan fingerprint density at radius 2 is 1.90 bits per heavy atom. The first-order valence-electron chi connectivity index (χ1n) is 6.46. The lowest BCUT2D eigenvalue weighted by molar-refractivity contribution is 0.102. The van der Waals surface area contributed by atoms with Gasteiger partial charge in [-0.3, -0.25) is 4.79 Å². The number of hydrogen-bond acceptors (Lipinski definition) is 2. The number of carbonyl (C=O) groups is 1. The summed E-state index contributed by atoms with van der Waals surface area (Å²) in [6.07, 6.45) is 0.791. The van der Waals surface area contributed by atoms with Crippen LogP contribution in [0.4, 0.5) is 10.1 Å². The molecule has 104 valence electrons. The minimum Gasteiger partial charge on any atom is -0.330 e. The van der Waals surface area contributed by atoms with Crippen LogP contribution in [-0.4, -0.2) is 12.5 Å². The van der Waals surface area contributed by atoms with Gasteiger partial charge in [-0.25, -0.2) is 4.39 Å². The summed E-state index contributed by atoms with van der Waals surface area (Å²) in [6.45, 7) is 2.24. The number of carbonyl (C=O) groups excluding carboxylic acids is 1. The van der Waals surface area contributed by atoms with Crippen LogP contribution in [0.3, 0.4) is 0 Å². The van der Waals surface area contributed by atoms with Gasteiger partial charge in [0.2, 0.25) is 0 Å². The van der Waals surface area contributed by atoms with Gasteiger partial charge in [-0.2, -0.15) is 0 Å². The molecule has 0 aliphatic rings. The van der Waals surface area contributed by atoms with Gasteiger partial charge in [0, 0.05) is 11.3 Å². The summed E-state index contributed by atoms with van der Waals surface area (Å²) in [4.78, 5) is 12.0. The summed E-state index contributed by atoms with van der Waals surface area (Å²) in [5.74, 6) is -0.496. The normalized spacial score (nSPS) is 10.3. The fourth-order valence-electron chi connectivity index (χ4n) is 1.92. The van der Waals surface area contributed by atoms with Crippen molar-refractivity contribution in [1.29, 1.82) is 0 Å². The van der Waals surface area contributed by atoms with E-state index >= 15 is 0 Å². The predicted octanol–water partition coefficient (Wildman–Crippen LogP) is 2.89. The zero-order valence-corrected chi connectivity index (χ0v) is 11.3. The molecule has 0 fully saturated rings. The van der Waals surface area contributed by atoms with Crippen LogP contribution in [0.2, 0.25) is 0 Å². The molecule has 0 saturated heterocycles. The summed E-state index contributed by atoms with van der Waals surface area (Å²) < 4.78 is 13.2. The molecule has 0 radical (unpaired) electrons. The number of aryl methyl sites for hydroxylation is 1. The number of nitrogens with two attached hydrogens (primary N) is 1. The number of nitrogens with one attached hydrogen (secondary N) is 1. The van der Waals surface area contributed by atoms with Crippen molar-refractivity contribution < 1.29 is 9.18 Å². The zero-order chi connectivity index (χ0) is 14.5. The third-order valence-electron chi connectivity index (χ3n) is 3.06. The Hall–Kier alpha value is -2.20. The standard InChI is InChI=1S/C16H17FN2O/c1-11-10-14(6-7-15(11)17)19-16(20)13-4-2-12(3-5-13)8-9-18/h2-7,10H,8-9,18H2,1H3,(H,19,20). The number of benzene rings is 2. The van der Waals surface area contributed by atoms with Crippen LogP contribution in [0, 0.1) is 12.7 Å². The van der Waals surface area contributed by atoms with Gasteiger partial charge in [0.1, 0.15) is 5.82 Å². The van der Waals surface area contributed by atoms with Gasteiger partial charge in [-0.1, -0.05) is 12.1 Å². The maximum Gasteiger partial charge on any atom is 0.255 e. The lowest BCUT2D eigenvalue weighted by atomic mass is 10.1. The first-order chi connectivity index (χ1) is 9.60. The third-order valence-corrected chi connectivity index (χ3v) is 3.06. The second-order valence-electron chi connectivity index (χ2n) is 4.65. The van der Waals surface area contributed by atoms with Crippen molar-refractivity contribution in [3.63, 3.8) is 0 Å². The molecule has 2 rings (SSSR count). The second kappa shape index (κ2) is 6.30. The van der Waals surface area contributed by atoms with Crippen LogP contribution in [0.25, 0.3) is 0 Å². The fraction of sp³-hybridized carbons (Fsp3) is 0.188. The minimum absolute atomic E-state index is 0.213. The smallest absolute Gasteiger partial charge is 0.255 e. The molecule has 2 aromatic rings. The molecule has 1 amide bonds. The summed E-state index contributed by atoms with van der Waals surface area (Å²) in [5, 5.41) is 2.75. The maximum absolute atomic E-state index is 13.2. The number of halogens is 1. The molecule has 3 nitrogen and oxygen atoms in total. The molecule has 0 heterocycles. The molecule has 0 aliphatic carbocycles. The van der Waals surface area contributed by atoms with Gasteiger partial charge in [0.15, 0.2) is 0 Å². The summed E-state index contributed by atoms with van der Waals surface area (Å²) in [7, 11) is 0. The number of hydrogen-bond donors (Lipinski definition) is 2. The van der Waals surface area contributed by atoms with Crippen molar-refractivity contribution in [2.45, 2.75) is 13.3 Å². The number of amides is 1. The van der Waals surface area contributed by atoms with Crippen molar-refractivity contribution >= 4 is 11.6 Å². The van der Waals surface area contributed by atoms with Gasteiger partial charge in [0.05, 0.1) is 0 Å². The van der Waals surface area contributed by atoms with E-state index in [4.69, 9.17) is 5.73 Å². The molecular weight excluding hydrogens is 255 g/mol. The van der Waals surface area contributed by atoms with Crippen LogP contribution >= 0.6 is 0 Å². The quantitative estimate of drug-likeness (QED) is 0.899. The molecule has 0 atom stereocenters. The average molecular weight is 272 g/mol. The van der Waals surface area contributed by atoms with Gasteiger partial charge in [0.25, 0.3) is 5.91 Å². The molecule has 0 aromatic heterocycles. The van der Waals surface area contributed by atoms with Gasteiger partial charge in [-0.05, 0) is 61.3 Å². The SMILES string of the molecule is Cc1cc(NC(=O)c2ccc(CCN)cc2)ccc1F. The molecule has 20 heavy (non-hydrogen) atoms. The van der Waals surface area contributed by atoms with E-state index in [1.54, 1.807) is 31.2 Å². The van der Waals surface area contributed by atoms with E-state index in [9.17, 15) is 9.18 Å². The lowest BCUT2D eigenvalue weighted by Crippen LogP contribution is -2.12. The first-order valence-corrected chi connectivity index (χ1v) is 6.46. The van der Waals surface area contributed by atoms with Crippen molar-refractivity contribution in [3.05, 3.63) is 65.0 Å². The highest BCUT2D eigenvalue weighted by atomic mass is 19.1. The number of anilines is 1.